The van der Waals surface area contributed by atoms with Gasteiger partial charge in [-0.2, -0.15) is 13.2 Å². The van der Waals surface area contributed by atoms with E-state index in [1.54, 1.807) is 25.1 Å². The normalized spacial score (nSPS) is 12.4. The summed E-state index contributed by atoms with van der Waals surface area (Å²) >= 11 is 0. The highest BCUT2D eigenvalue weighted by Crippen LogP contribution is 2.33. The molecule has 0 saturated heterocycles. The van der Waals surface area contributed by atoms with Crippen LogP contribution in [-0.2, 0) is 6.18 Å². The molecule has 0 aliphatic rings. The maximum Gasteiger partial charge on any atom is 0.417 e. The number of aromatic nitrogens is 1. The number of halogens is 3. The predicted molar refractivity (Wildman–Crippen MR) is 64.3 cm³/mol. The quantitative estimate of drug-likeness (QED) is 0.827. The molecule has 1 aromatic carbocycles. The minimum Gasteiger partial charge on any atom is -0.322 e. The zero-order valence-electron chi connectivity index (χ0n) is 9.51. The van der Waals surface area contributed by atoms with Crippen molar-refractivity contribution in [1.29, 1.82) is 0 Å². The Bertz CT molecular complexity index is 668. The summed E-state index contributed by atoms with van der Waals surface area (Å²) in [7, 11) is 0. The molecule has 0 spiro atoms. The predicted octanol–water partition coefficient (Wildman–Crippen LogP) is 3.58. The fraction of sp³-hybridized carbons (Fsp3) is 0.154. The van der Waals surface area contributed by atoms with E-state index in [2.05, 4.69) is 4.98 Å². The summed E-state index contributed by atoms with van der Waals surface area (Å²) in [6.07, 6.45) is -1.11. The largest absolute Gasteiger partial charge is 0.417 e. The number of benzene rings is 1. The first-order valence-electron chi connectivity index (χ1n) is 5.29. The van der Waals surface area contributed by atoms with Gasteiger partial charge in [-0.05, 0) is 24.6 Å². The number of hydrogen-bond donors (Lipinski definition) is 1. The molecule has 0 bridgehead atoms. The van der Waals surface area contributed by atoms with Crippen molar-refractivity contribution in [2.24, 2.45) is 0 Å². The highest BCUT2D eigenvalue weighted by atomic mass is 19.4. The molecule has 0 unspecified atom stereocenters. The lowest BCUT2D eigenvalue weighted by atomic mass is 10.1. The van der Waals surface area contributed by atoms with Crippen LogP contribution in [0, 0.1) is 0 Å². The van der Waals surface area contributed by atoms with Gasteiger partial charge in [-0.15, -0.1) is 0 Å². The van der Waals surface area contributed by atoms with Gasteiger partial charge in [0.1, 0.15) is 0 Å². The fourth-order valence-corrected chi connectivity index (χ4v) is 1.80. The van der Waals surface area contributed by atoms with Crippen molar-refractivity contribution >= 4 is 17.0 Å². The molecule has 1 N–H and O–H groups in total. The Morgan fingerprint density at radius 1 is 1.22 bits per heavy atom. The molecule has 18 heavy (non-hydrogen) atoms. The Hall–Kier alpha value is -2.04. The summed E-state index contributed by atoms with van der Waals surface area (Å²) in [4.78, 5) is 13.6. The minimum absolute atomic E-state index is 0.00213. The van der Waals surface area contributed by atoms with E-state index in [1.165, 1.54) is 12.1 Å². The van der Waals surface area contributed by atoms with Gasteiger partial charge in [-0.3, -0.25) is 4.79 Å². The summed E-state index contributed by atoms with van der Waals surface area (Å²) in [6, 6.07) is 5.12. The van der Waals surface area contributed by atoms with Crippen LogP contribution in [-0.4, -0.2) is 4.98 Å². The van der Waals surface area contributed by atoms with E-state index < -0.39 is 17.3 Å². The zero-order valence-corrected chi connectivity index (χ0v) is 9.51. The molecule has 0 aliphatic heterocycles. The molecule has 0 atom stereocenters. The molecule has 94 valence electrons. The molecule has 0 saturated carbocycles. The van der Waals surface area contributed by atoms with Crippen molar-refractivity contribution in [3.8, 4) is 0 Å². The van der Waals surface area contributed by atoms with Gasteiger partial charge in [0.25, 0.3) is 0 Å². The molecule has 5 heteroatoms. The standard InChI is InChI=1S/C13H10F3NO/c1-2-3-8-4-5-11-9(6-8)10(13(14,15)16)7-12(18)17-11/h2-7H,1H3,(H,17,18)/b3-2+. The summed E-state index contributed by atoms with van der Waals surface area (Å²) in [5.74, 6) is 0. The highest BCUT2D eigenvalue weighted by Gasteiger charge is 2.33. The van der Waals surface area contributed by atoms with E-state index >= 15 is 0 Å². The summed E-state index contributed by atoms with van der Waals surface area (Å²) in [6.45, 7) is 1.78. The maximum absolute atomic E-state index is 12.8. The number of pyridine rings is 1. The van der Waals surface area contributed by atoms with E-state index in [1.807, 2.05) is 0 Å². The number of alkyl halides is 3. The number of allylic oxidation sites excluding steroid dienone is 1. The van der Waals surface area contributed by atoms with Crippen molar-refractivity contribution < 1.29 is 13.2 Å². The SMILES string of the molecule is C/C=C/c1ccc2[nH]c(=O)cc(C(F)(F)F)c2c1. The van der Waals surface area contributed by atoms with Crippen molar-refractivity contribution in [2.45, 2.75) is 13.1 Å². The van der Waals surface area contributed by atoms with Gasteiger partial charge in [0.15, 0.2) is 0 Å². The van der Waals surface area contributed by atoms with Crippen LogP contribution in [0.2, 0.25) is 0 Å². The molecular weight excluding hydrogens is 243 g/mol. The van der Waals surface area contributed by atoms with Crippen LogP contribution in [0.4, 0.5) is 13.2 Å². The van der Waals surface area contributed by atoms with E-state index in [0.717, 1.165) is 0 Å². The minimum atomic E-state index is -4.54. The molecule has 0 aliphatic carbocycles. The number of nitrogens with one attached hydrogen (secondary N) is 1. The summed E-state index contributed by atoms with van der Waals surface area (Å²) < 4.78 is 38.5. The van der Waals surface area contributed by atoms with Crippen LogP contribution >= 0.6 is 0 Å². The van der Waals surface area contributed by atoms with Crippen molar-refractivity contribution in [1.82, 2.24) is 4.98 Å². The lowest BCUT2D eigenvalue weighted by Gasteiger charge is -2.10. The first-order chi connectivity index (χ1) is 8.41. The Labute approximate surface area is 101 Å². The van der Waals surface area contributed by atoms with E-state index in [9.17, 15) is 18.0 Å². The number of hydrogen-bond acceptors (Lipinski definition) is 1. The number of rotatable bonds is 1. The smallest absolute Gasteiger partial charge is 0.322 e. The molecule has 2 nitrogen and oxygen atoms in total. The average molecular weight is 253 g/mol. The average Bonchev–Trinajstić information content (AvgIpc) is 2.27. The molecule has 0 radical (unpaired) electrons. The Kier molecular flexibility index (Phi) is 2.98. The maximum atomic E-state index is 12.8. The van der Waals surface area contributed by atoms with Crippen LogP contribution in [0.1, 0.15) is 18.1 Å². The Morgan fingerprint density at radius 3 is 2.56 bits per heavy atom. The van der Waals surface area contributed by atoms with Gasteiger partial charge in [-0.1, -0.05) is 18.2 Å². The van der Waals surface area contributed by atoms with Crippen LogP contribution in [0.5, 0.6) is 0 Å². The van der Waals surface area contributed by atoms with Crippen LogP contribution in [0.25, 0.3) is 17.0 Å². The van der Waals surface area contributed by atoms with E-state index in [4.69, 9.17) is 0 Å². The van der Waals surface area contributed by atoms with Gasteiger partial charge in [-0.25, -0.2) is 0 Å². The third-order valence-electron chi connectivity index (χ3n) is 2.53. The lowest BCUT2D eigenvalue weighted by molar-refractivity contribution is -0.136. The topological polar surface area (TPSA) is 32.9 Å². The van der Waals surface area contributed by atoms with E-state index in [-0.39, 0.29) is 10.9 Å². The summed E-state index contributed by atoms with van der Waals surface area (Å²) in [5.41, 5.74) is -0.827. The number of aromatic amines is 1. The molecule has 2 rings (SSSR count). The molecular formula is C13H10F3NO. The Morgan fingerprint density at radius 2 is 1.94 bits per heavy atom. The third kappa shape index (κ3) is 2.30. The molecule has 1 aromatic heterocycles. The second kappa shape index (κ2) is 4.33. The van der Waals surface area contributed by atoms with E-state index in [0.29, 0.717) is 11.6 Å². The van der Waals surface area contributed by atoms with Crippen molar-refractivity contribution in [3.05, 3.63) is 51.8 Å². The van der Waals surface area contributed by atoms with Crippen LogP contribution in [0.3, 0.4) is 0 Å². The van der Waals surface area contributed by atoms with Crippen molar-refractivity contribution in [2.75, 3.05) is 0 Å². The molecule has 2 aromatic rings. The first-order valence-corrected chi connectivity index (χ1v) is 5.29. The zero-order chi connectivity index (χ0) is 13.3. The van der Waals surface area contributed by atoms with Gasteiger partial charge in [0, 0.05) is 17.0 Å². The highest BCUT2D eigenvalue weighted by molar-refractivity contribution is 5.84. The lowest BCUT2D eigenvalue weighted by Crippen LogP contribution is -2.13. The van der Waals surface area contributed by atoms with Gasteiger partial charge >= 0.3 is 6.18 Å². The van der Waals surface area contributed by atoms with Gasteiger partial charge < -0.3 is 4.98 Å². The fourth-order valence-electron chi connectivity index (χ4n) is 1.80. The number of fused-ring (bicyclic) bond motifs is 1. The van der Waals surface area contributed by atoms with Crippen LogP contribution < -0.4 is 5.56 Å². The second-order valence-electron chi connectivity index (χ2n) is 3.85. The van der Waals surface area contributed by atoms with Gasteiger partial charge in [0.2, 0.25) is 5.56 Å². The Balaban J connectivity index is 2.82. The third-order valence-corrected chi connectivity index (χ3v) is 2.53. The van der Waals surface area contributed by atoms with Crippen molar-refractivity contribution in [3.63, 3.8) is 0 Å². The number of H-pyrrole nitrogens is 1. The van der Waals surface area contributed by atoms with Crippen LogP contribution in [0.15, 0.2) is 35.1 Å². The van der Waals surface area contributed by atoms with Gasteiger partial charge in [0.05, 0.1) is 5.56 Å². The summed E-state index contributed by atoms with van der Waals surface area (Å²) in [5, 5.41) is -0.00213. The first kappa shape index (κ1) is 12.4. The molecule has 0 amide bonds. The molecule has 0 fully saturated rings. The monoisotopic (exact) mass is 253 g/mol. The molecule has 1 heterocycles. The second-order valence-corrected chi connectivity index (χ2v) is 3.85.